The summed E-state index contributed by atoms with van der Waals surface area (Å²) in [6.07, 6.45) is 12.4. The first kappa shape index (κ1) is 29.8. The molecule has 6 heterocycles. The van der Waals surface area contributed by atoms with Gasteiger partial charge in [-0.25, -0.2) is 13.8 Å². The molecule has 4 aliphatic heterocycles. The van der Waals surface area contributed by atoms with E-state index in [2.05, 4.69) is 32.9 Å². The van der Waals surface area contributed by atoms with Gasteiger partial charge in [0.2, 0.25) is 5.88 Å². The van der Waals surface area contributed by atoms with Crippen LogP contribution in [-0.4, -0.2) is 82.5 Å². The molecular formula is C37H38F2N6O3. The van der Waals surface area contributed by atoms with Gasteiger partial charge in [-0.3, -0.25) is 0 Å². The van der Waals surface area contributed by atoms with E-state index >= 15 is 4.39 Å². The van der Waals surface area contributed by atoms with E-state index in [0.717, 1.165) is 45.3 Å². The average Bonchev–Trinajstić information content (AvgIpc) is 3.76. The summed E-state index contributed by atoms with van der Waals surface area (Å²) in [4.78, 5) is 19.1. The number of likely N-dealkylation sites (tertiary alicyclic amines) is 1. The highest BCUT2D eigenvalue weighted by Crippen LogP contribution is 2.48. The lowest BCUT2D eigenvalue weighted by molar-refractivity contribution is 0.119. The average molecular weight is 653 g/mol. The number of hydrogen-bond donors (Lipinski definition) is 2. The zero-order valence-corrected chi connectivity index (χ0v) is 26.9. The lowest BCUT2D eigenvalue weighted by Gasteiger charge is -2.40. The van der Waals surface area contributed by atoms with Crippen molar-refractivity contribution in [2.45, 2.75) is 63.6 Å². The lowest BCUT2D eigenvalue weighted by Crippen LogP contribution is -2.60. The molecule has 1 aliphatic carbocycles. The molecule has 0 radical (unpaired) electrons. The quantitative estimate of drug-likeness (QED) is 0.266. The summed E-state index contributed by atoms with van der Waals surface area (Å²) in [5, 5.41) is 15.5. The molecule has 11 heteroatoms. The number of anilines is 1. The van der Waals surface area contributed by atoms with Gasteiger partial charge in [-0.15, -0.1) is 6.42 Å². The van der Waals surface area contributed by atoms with E-state index < -0.39 is 11.6 Å². The molecule has 2 aromatic heterocycles. The van der Waals surface area contributed by atoms with Crippen molar-refractivity contribution in [2.24, 2.45) is 11.3 Å². The molecule has 9 nitrogen and oxygen atoms in total. The highest BCUT2D eigenvalue weighted by atomic mass is 19.1. The second-order valence-electron chi connectivity index (χ2n) is 14.6. The summed E-state index contributed by atoms with van der Waals surface area (Å²) in [5.74, 6) is 2.33. The van der Waals surface area contributed by atoms with Gasteiger partial charge in [0, 0.05) is 48.1 Å². The van der Waals surface area contributed by atoms with Crippen molar-refractivity contribution in [3.63, 3.8) is 0 Å². The van der Waals surface area contributed by atoms with Crippen molar-refractivity contribution in [1.29, 1.82) is 0 Å². The number of phenols is 1. The molecule has 5 aliphatic rings. The van der Waals surface area contributed by atoms with E-state index in [4.69, 9.17) is 25.9 Å². The van der Waals surface area contributed by atoms with Gasteiger partial charge in [0.25, 0.3) is 0 Å². The number of fused-ring (bicyclic) bond motifs is 6. The minimum absolute atomic E-state index is 0.00591. The fourth-order valence-electron chi connectivity index (χ4n) is 8.56. The highest BCUT2D eigenvalue weighted by molar-refractivity contribution is 6.04. The second-order valence-corrected chi connectivity index (χ2v) is 14.6. The minimum atomic E-state index is -0.745. The van der Waals surface area contributed by atoms with Crippen molar-refractivity contribution in [2.75, 3.05) is 44.3 Å². The number of aromatic hydroxyl groups is 1. The molecule has 3 saturated heterocycles. The number of piperazine rings is 1. The van der Waals surface area contributed by atoms with Gasteiger partial charge < -0.3 is 29.7 Å². The zero-order valence-electron chi connectivity index (χ0n) is 26.9. The normalized spacial score (nSPS) is 25.8. The molecular weight excluding hydrogens is 614 g/mol. The third-order valence-electron chi connectivity index (χ3n) is 11.1. The van der Waals surface area contributed by atoms with Crippen LogP contribution in [-0.2, 0) is 0 Å². The van der Waals surface area contributed by atoms with Crippen LogP contribution in [0.3, 0.4) is 0 Å². The summed E-state index contributed by atoms with van der Waals surface area (Å²) in [7, 11) is 0. The maximum atomic E-state index is 17.1. The van der Waals surface area contributed by atoms with Crippen LogP contribution in [0, 0.1) is 35.3 Å². The SMILES string of the molecule is C#Cc1c(F)ccc2cc(O)cc(-c3nc4c5c(nc(OCC6(CN7CCC[C@H](C)C7)CC6)nc5c3F)N3C[C@H]5CC[C@H](N5)[C@H]3CO4)c12. The molecule has 0 unspecified atom stereocenters. The molecule has 9 rings (SSSR count). The lowest BCUT2D eigenvalue weighted by atomic mass is 9.95. The van der Waals surface area contributed by atoms with Crippen molar-refractivity contribution in [1.82, 2.24) is 25.2 Å². The standard InChI is InChI=1S/C37H38F2N6O3/c1-3-24-26(38)8-6-21-13-23(46)14-25(29(21)24)32-31(39)33-30-34(45-16-22-7-9-27(40-22)28(45)17-47-35(30)41-32)43-36(42-33)48-19-37(10-11-37)18-44-12-4-5-20(2)15-44/h1,6,8,13-14,20,22,27-28,40,46H,4-5,7,9-12,15-19H2,2H3/t20-,22+,27-,28+/m0/s1. The summed E-state index contributed by atoms with van der Waals surface area (Å²) in [6.45, 7) is 6.94. The predicted molar refractivity (Wildman–Crippen MR) is 178 cm³/mol. The van der Waals surface area contributed by atoms with E-state index in [1.165, 1.54) is 37.1 Å². The fraction of sp³-hybridized carbons (Fsp3) is 0.486. The number of halogens is 2. The number of ether oxygens (including phenoxy) is 2. The first-order valence-electron chi connectivity index (χ1n) is 17.1. The highest BCUT2D eigenvalue weighted by Gasteiger charge is 2.47. The first-order valence-corrected chi connectivity index (χ1v) is 17.1. The largest absolute Gasteiger partial charge is 0.508 e. The van der Waals surface area contributed by atoms with Gasteiger partial charge in [-0.2, -0.15) is 9.97 Å². The maximum Gasteiger partial charge on any atom is 0.319 e. The van der Waals surface area contributed by atoms with E-state index in [1.54, 1.807) is 0 Å². The van der Waals surface area contributed by atoms with Gasteiger partial charge in [-0.05, 0) is 74.6 Å². The molecule has 248 valence electrons. The summed E-state index contributed by atoms with van der Waals surface area (Å²) in [6, 6.07) is 6.11. The molecule has 4 atom stereocenters. The Morgan fingerprint density at radius 3 is 2.81 bits per heavy atom. The molecule has 0 amide bonds. The number of piperidine rings is 1. The van der Waals surface area contributed by atoms with E-state index in [9.17, 15) is 9.50 Å². The van der Waals surface area contributed by atoms with Gasteiger partial charge in [0.05, 0.1) is 18.2 Å². The van der Waals surface area contributed by atoms with Crippen LogP contribution in [0.2, 0.25) is 0 Å². The summed E-state index contributed by atoms with van der Waals surface area (Å²) >= 11 is 0. The van der Waals surface area contributed by atoms with Gasteiger partial charge in [-0.1, -0.05) is 18.9 Å². The Morgan fingerprint density at radius 2 is 2.00 bits per heavy atom. The number of phenolic OH excluding ortho intramolecular Hbond substituents is 1. The van der Waals surface area contributed by atoms with Crippen LogP contribution in [0.1, 0.15) is 51.0 Å². The predicted octanol–water partition coefficient (Wildman–Crippen LogP) is 5.40. The zero-order chi connectivity index (χ0) is 32.7. The number of hydrogen-bond acceptors (Lipinski definition) is 9. The number of nitrogens with one attached hydrogen (secondary N) is 1. The summed E-state index contributed by atoms with van der Waals surface area (Å²) in [5.41, 5.74) is 0.00157. The van der Waals surface area contributed by atoms with Crippen LogP contribution in [0.4, 0.5) is 14.6 Å². The number of aromatic nitrogens is 3. The molecule has 48 heavy (non-hydrogen) atoms. The number of benzene rings is 2. The molecule has 0 spiro atoms. The van der Waals surface area contributed by atoms with Crippen molar-refractivity contribution >= 4 is 27.5 Å². The Hall–Kier alpha value is -4.27. The molecule has 2 N–H and O–H groups in total. The van der Waals surface area contributed by atoms with E-state index in [-0.39, 0.29) is 68.9 Å². The van der Waals surface area contributed by atoms with Gasteiger partial charge in [0.15, 0.2) is 5.82 Å². The van der Waals surface area contributed by atoms with Crippen LogP contribution < -0.4 is 19.7 Å². The van der Waals surface area contributed by atoms with Crippen molar-refractivity contribution in [3.8, 4) is 41.2 Å². The van der Waals surface area contributed by atoms with Gasteiger partial charge in [0.1, 0.15) is 40.6 Å². The molecule has 4 aromatic rings. The Labute approximate surface area is 277 Å². The number of rotatable bonds is 6. The van der Waals surface area contributed by atoms with E-state index in [1.807, 2.05) is 0 Å². The first-order chi connectivity index (χ1) is 23.3. The number of pyridine rings is 1. The molecule has 2 bridgehead atoms. The fourth-order valence-corrected chi connectivity index (χ4v) is 8.56. The third-order valence-corrected chi connectivity index (χ3v) is 11.1. The van der Waals surface area contributed by atoms with Crippen LogP contribution >= 0.6 is 0 Å². The Balaban J connectivity index is 1.18. The maximum absolute atomic E-state index is 17.1. The number of terminal acetylenes is 1. The third kappa shape index (κ3) is 4.91. The Kier molecular flexibility index (Phi) is 6.92. The summed E-state index contributed by atoms with van der Waals surface area (Å²) < 4.78 is 44.9. The molecule has 4 fully saturated rings. The number of nitrogens with zero attached hydrogens (tertiary/aromatic N) is 5. The Morgan fingerprint density at radius 1 is 1.12 bits per heavy atom. The monoisotopic (exact) mass is 652 g/mol. The van der Waals surface area contributed by atoms with E-state index in [0.29, 0.717) is 42.3 Å². The van der Waals surface area contributed by atoms with Crippen LogP contribution in [0.5, 0.6) is 17.6 Å². The minimum Gasteiger partial charge on any atom is -0.508 e. The van der Waals surface area contributed by atoms with Crippen molar-refractivity contribution < 1.29 is 23.4 Å². The molecule has 1 saturated carbocycles. The smallest absolute Gasteiger partial charge is 0.319 e. The van der Waals surface area contributed by atoms with Crippen LogP contribution in [0.25, 0.3) is 32.9 Å². The van der Waals surface area contributed by atoms with Crippen molar-refractivity contribution in [3.05, 3.63) is 41.5 Å². The van der Waals surface area contributed by atoms with Crippen LogP contribution in [0.15, 0.2) is 24.3 Å². The van der Waals surface area contributed by atoms with Gasteiger partial charge >= 0.3 is 6.01 Å². The second kappa shape index (κ2) is 11.1. The Bertz CT molecular complexity index is 2010. The molecule has 2 aromatic carbocycles. The topological polar surface area (TPSA) is 95.9 Å².